The first kappa shape index (κ1) is 20.9. The minimum absolute atomic E-state index is 0.222. The number of hydrogen-bond acceptors (Lipinski definition) is 3. The highest BCUT2D eigenvalue weighted by atomic mass is 35.5. The van der Waals surface area contributed by atoms with Crippen molar-refractivity contribution in [3.8, 4) is 0 Å². The summed E-state index contributed by atoms with van der Waals surface area (Å²) in [5.74, 6) is -0.617. The van der Waals surface area contributed by atoms with Gasteiger partial charge in [-0.25, -0.2) is 0 Å². The van der Waals surface area contributed by atoms with Crippen molar-refractivity contribution >= 4 is 23.2 Å². The molecule has 0 saturated carbocycles. The molecule has 0 aliphatic carbocycles. The summed E-state index contributed by atoms with van der Waals surface area (Å²) in [6.07, 6.45) is -4.72. The third kappa shape index (κ3) is 4.13. The number of amides is 1. The number of benzene rings is 1. The second kappa shape index (κ2) is 7.67. The predicted octanol–water partition coefficient (Wildman–Crippen LogP) is 3.07. The van der Waals surface area contributed by atoms with Crippen LogP contribution in [0.1, 0.15) is 34.1 Å². The van der Waals surface area contributed by atoms with Crippen molar-refractivity contribution in [3.63, 3.8) is 0 Å². The van der Waals surface area contributed by atoms with E-state index in [9.17, 15) is 22.8 Å². The molecular weight excluding hydrogens is 385 g/mol. The van der Waals surface area contributed by atoms with Gasteiger partial charge in [-0.05, 0) is 31.5 Å². The third-order valence-electron chi connectivity index (χ3n) is 4.29. The SMILES string of the molecule is CCNc1cc(Cl)cc(C(=O)NCc2c(C(F)(F)F)n(C)n(C)c2=O)c1C. The molecule has 0 spiro atoms. The van der Waals surface area contributed by atoms with Gasteiger partial charge in [0.2, 0.25) is 0 Å². The van der Waals surface area contributed by atoms with Gasteiger partial charge in [0.1, 0.15) is 5.69 Å². The molecular formula is C17H20ClF3N4O2. The molecule has 0 atom stereocenters. The molecule has 1 aromatic carbocycles. The Morgan fingerprint density at radius 1 is 1.22 bits per heavy atom. The fraction of sp³-hybridized carbons (Fsp3) is 0.412. The van der Waals surface area contributed by atoms with Crippen LogP contribution in [0.5, 0.6) is 0 Å². The molecule has 2 rings (SSSR count). The van der Waals surface area contributed by atoms with Crippen LogP contribution in [0.2, 0.25) is 5.02 Å². The van der Waals surface area contributed by atoms with Gasteiger partial charge in [0, 0.05) is 36.9 Å². The van der Waals surface area contributed by atoms with E-state index < -0.39 is 35.4 Å². The van der Waals surface area contributed by atoms with Gasteiger partial charge in [-0.15, -0.1) is 0 Å². The lowest BCUT2D eigenvalue weighted by Gasteiger charge is -2.14. The molecule has 1 heterocycles. The van der Waals surface area contributed by atoms with E-state index in [4.69, 9.17) is 11.6 Å². The first-order chi connectivity index (χ1) is 12.5. The van der Waals surface area contributed by atoms with Crippen molar-refractivity contribution < 1.29 is 18.0 Å². The van der Waals surface area contributed by atoms with Crippen molar-refractivity contribution in [2.24, 2.45) is 14.1 Å². The number of aromatic nitrogens is 2. The molecule has 0 aliphatic heterocycles. The number of hydrogen-bond donors (Lipinski definition) is 2. The topological polar surface area (TPSA) is 68.1 Å². The Balaban J connectivity index is 2.35. The molecule has 10 heteroatoms. The normalized spacial score (nSPS) is 11.6. The Labute approximate surface area is 158 Å². The van der Waals surface area contributed by atoms with Crippen LogP contribution in [0, 0.1) is 6.92 Å². The van der Waals surface area contributed by atoms with Crippen LogP contribution in [0.15, 0.2) is 16.9 Å². The van der Waals surface area contributed by atoms with Crippen LogP contribution in [0.25, 0.3) is 0 Å². The quantitative estimate of drug-likeness (QED) is 0.804. The van der Waals surface area contributed by atoms with E-state index in [1.165, 1.54) is 13.1 Å². The molecule has 0 radical (unpaired) electrons. The first-order valence-electron chi connectivity index (χ1n) is 8.13. The lowest BCUT2D eigenvalue weighted by Crippen LogP contribution is -2.28. The van der Waals surface area contributed by atoms with Crippen LogP contribution in [-0.2, 0) is 26.8 Å². The molecule has 1 amide bonds. The summed E-state index contributed by atoms with van der Waals surface area (Å²) in [7, 11) is 2.37. The summed E-state index contributed by atoms with van der Waals surface area (Å²) >= 11 is 6.03. The Bertz CT molecular complexity index is 932. The third-order valence-corrected chi connectivity index (χ3v) is 4.51. The molecule has 2 N–H and O–H groups in total. The van der Waals surface area contributed by atoms with Crippen LogP contribution < -0.4 is 16.2 Å². The maximum Gasteiger partial charge on any atom is 0.433 e. The maximum atomic E-state index is 13.3. The van der Waals surface area contributed by atoms with Gasteiger partial charge in [0.15, 0.2) is 0 Å². The second-order valence-electron chi connectivity index (χ2n) is 6.02. The average Bonchev–Trinajstić information content (AvgIpc) is 2.79. The van der Waals surface area contributed by atoms with E-state index in [1.54, 1.807) is 13.0 Å². The molecule has 27 heavy (non-hydrogen) atoms. The van der Waals surface area contributed by atoms with Gasteiger partial charge < -0.3 is 10.6 Å². The van der Waals surface area contributed by atoms with Crippen molar-refractivity contribution in [3.05, 3.63) is 49.9 Å². The van der Waals surface area contributed by atoms with Crippen LogP contribution in [0.4, 0.5) is 18.9 Å². The molecule has 148 valence electrons. The highest BCUT2D eigenvalue weighted by molar-refractivity contribution is 6.31. The van der Waals surface area contributed by atoms with Gasteiger partial charge in [-0.3, -0.25) is 19.0 Å². The molecule has 0 aliphatic rings. The van der Waals surface area contributed by atoms with E-state index in [2.05, 4.69) is 10.6 Å². The zero-order valence-corrected chi connectivity index (χ0v) is 16.0. The monoisotopic (exact) mass is 404 g/mol. The molecule has 0 fully saturated rings. The number of carbonyl (C=O) groups is 1. The number of anilines is 1. The second-order valence-corrected chi connectivity index (χ2v) is 6.45. The van der Waals surface area contributed by atoms with Gasteiger partial charge in [0.25, 0.3) is 11.5 Å². The van der Waals surface area contributed by atoms with Crippen molar-refractivity contribution in [1.29, 1.82) is 0 Å². The summed E-state index contributed by atoms with van der Waals surface area (Å²) in [6.45, 7) is 3.64. The first-order valence-corrected chi connectivity index (χ1v) is 8.51. The summed E-state index contributed by atoms with van der Waals surface area (Å²) in [6, 6.07) is 3.09. The van der Waals surface area contributed by atoms with E-state index in [0.29, 0.717) is 22.8 Å². The Hall–Kier alpha value is -2.42. The molecule has 0 unspecified atom stereocenters. The minimum Gasteiger partial charge on any atom is -0.385 e. The van der Waals surface area contributed by atoms with E-state index in [-0.39, 0.29) is 5.56 Å². The van der Waals surface area contributed by atoms with Crippen molar-refractivity contribution in [2.75, 3.05) is 11.9 Å². The highest BCUT2D eigenvalue weighted by Gasteiger charge is 2.39. The number of carbonyl (C=O) groups excluding carboxylic acids is 1. The summed E-state index contributed by atoms with van der Waals surface area (Å²) in [5, 5.41) is 5.77. The maximum absolute atomic E-state index is 13.3. The summed E-state index contributed by atoms with van der Waals surface area (Å²) in [4.78, 5) is 24.6. The molecule has 1 aromatic heterocycles. The Kier molecular flexibility index (Phi) is 5.94. The molecule has 2 aromatic rings. The van der Waals surface area contributed by atoms with Gasteiger partial charge in [-0.1, -0.05) is 11.6 Å². The van der Waals surface area contributed by atoms with E-state index in [0.717, 1.165) is 16.4 Å². The van der Waals surface area contributed by atoms with Crippen molar-refractivity contribution in [1.82, 2.24) is 14.7 Å². The standard InChI is InChI=1S/C17H20ClF3N4O2/c1-5-22-13-7-10(18)6-11(9(13)2)15(26)23-8-12-14(17(19,20)21)24(3)25(4)16(12)27/h6-7,22H,5,8H2,1-4H3,(H,23,26). The lowest BCUT2D eigenvalue weighted by atomic mass is 10.1. The Morgan fingerprint density at radius 2 is 1.85 bits per heavy atom. The number of nitrogens with zero attached hydrogens (tertiary/aromatic N) is 2. The fourth-order valence-electron chi connectivity index (χ4n) is 2.84. The number of nitrogens with one attached hydrogen (secondary N) is 2. The fourth-order valence-corrected chi connectivity index (χ4v) is 3.06. The van der Waals surface area contributed by atoms with E-state index >= 15 is 0 Å². The van der Waals surface area contributed by atoms with E-state index in [1.807, 2.05) is 6.92 Å². The number of rotatable bonds is 5. The van der Waals surface area contributed by atoms with Crippen LogP contribution >= 0.6 is 11.6 Å². The largest absolute Gasteiger partial charge is 0.433 e. The summed E-state index contributed by atoms with van der Waals surface area (Å²) < 4.78 is 41.4. The zero-order valence-electron chi connectivity index (χ0n) is 15.3. The van der Waals surface area contributed by atoms with Crippen LogP contribution in [-0.4, -0.2) is 21.8 Å². The molecule has 6 nitrogen and oxygen atoms in total. The van der Waals surface area contributed by atoms with Crippen LogP contribution in [0.3, 0.4) is 0 Å². The van der Waals surface area contributed by atoms with Crippen molar-refractivity contribution in [2.45, 2.75) is 26.6 Å². The highest BCUT2D eigenvalue weighted by Crippen LogP contribution is 2.31. The minimum atomic E-state index is -4.72. The van der Waals surface area contributed by atoms with Gasteiger partial charge in [-0.2, -0.15) is 13.2 Å². The zero-order chi connectivity index (χ0) is 20.5. The molecule has 0 bridgehead atoms. The van der Waals surface area contributed by atoms with Gasteiger partial charge in [0.05, 0.1) is 12.1 Å². The van der Waals surface area contributed by atoms with Gasteiger partial charge >= 0.3 is 6.18 Å². The molecule has 0 saturated heterocycles. The lowest BCUT2D eigenvalue weighted by molar-refractivity contribution is -0.144. The number of halogens is 4. The predicted molar refractivity (Wildman–Crippen MR) is 97.2 cm³/mol. The average molecular weight is 405 g/mol. The Morgan fingerprint density at radius 3 is 2.41 bits per heavy atom. The number of alkyl halides is 3. The smallest absolute Gasteiger partial charge is 0.385 e. The summed E-state index contributed by atoms with van der Waals surface area (Å²) in [5.41, 5.74) is -0.947.